The highest BCUT2D eigenvalue weighted by Gasteiger charge is 2.58. The van der Waals surface area contributed by atoms with Crippen molar-refractivity contribution in [1.29, 1.82) is 0 Å². The number of aliphatic hydroxyl groups is 1. The summed E-state index contributed by atoms with van der Waals surface area (Å²) in [6.45, 7) is 0. The molecular formula is C30H30O16. The number of carboxylic acids is 2. The molecule has 16 heteroatoms. The lowest BCUT2D eigenvalue weighted by Gasteiger charge is -2.28. The minimum Gasteiger partial charge on any atom is -0.479 e. The number of esters is 5. The number of carbonyl (C=O) groups excluding carboxylic acids is 6. The van der Waals surface area contributed by atoms with Gasteiger partial charge >= 0.3 is 47.4 Å². The van der Waals surface area contributed by atoms with Gasteiger partial charge in [-0.15, -0.1) is 0 Å². The number of aliphatic hydroxyl groups excluding tert-OH is 1. The predicted octanol–water partition coefficient (Wildman–Crippen LogP) is -0.0826. The van der Waals surface area contributed by atoms with Crippen molar-refractivity contribution in [3.63, 3.8) is 0 Å². The average Bonchev–Trinajstić information content (AvgIpc) is 3.06. The molecule has 46 heavy (non-hydrogen) atoms. The van der Waals surface area contributed by atoms with Gasteiger partial charge in [0.2, 0.25) is 11.9 Å². The summed E-state index contributed by atoms with van der Waals surface area (Å²) in [5, 5.41) is 29.6. The molecule has 4 atom stereocenters. The summed E-state index contributed by atoms with van der Waals surface area (Å²) in [5.41, 5.74) is -4.13. The van der Waals surface area contributed by atoms with Crippen molar-refractivity contribution in [2.24, 2.45) is 11.8 Å². The first-order valence-corrected chi connectivity index (χ1v) is 13.1. The Morgan fingerprint density at radius 2 is 1.13 bits per heavy atom. The Kier molecular flexibility index (Phi) is 12.6. The maximum absolute atomic E-state index is 13.2. The number of hydrogen-bond acceptors (Lipinski definition) is 14. The highest BCUT2D eigenvalue weighted by atomic mass is 16.6. The van der Waals surface area contributed by atoms with Crippen molar-refractivity contribution >= 4 is 47.6 Å². The monoisotopic (exact) mass is 646 g/mol. The van der Waals surface area contributed by atoms with Crippen LogP contribution in [0.5, 0.6) is 0 Å². The van der Waals surface area contributed by atoms with E-state index in [9.17, 15) is 53.7 Å². The molecule has 2 aliphatic rings. The van der Waals surface area contributed by atoms with Crippen LogP contribution in [0.2, 0.25) is 0 Å². The van der Waals surface area contributed by atoms with Gasteiger partial charge in [0.25, 0.3) is 0 Å². The van der Waals surface area contributed by atoms with Gasteiger partial charge in [-0.05, 0) is 30.8 Å². The van der Waals surface area contributed by atoms with E-state index in [-0.39, 0.29) is 35.1 Å². The molecule has 16 nitrogen and oxygen atoms in total. The van der Waals surface area contributed by atoms with E-state index >= 15 is 0 Å². The number of allylic oxidation sites excluding steroid dienone is 4. The van der Waals surface area contributed by atoms with E-state index in [0.717, 1.165) is 40.6 Å². The molecule has 246 valence electrons. The molecule has 0 fully saturated rings. The molecule has 0 aromatic heterocycles. The largest absolute Gasteiger partial charge is 0.479 e. The Morgan fingerprint density at radius 1 is 0.717 bits per heavy atom. The highest BCUT2D eigenvalue weighted by molar-refractivity contribution is 6.16. The highest BCUT2D eigenvalue weighted by Crippen LogP contribution is 2.29. The van der Waals surface area contributed by atoms with Crippen LogP contribution in [0.15, 0.2) is 70.9 Å². The summed E-state index contributed by atoms with van der Waals surface area (Å²) in [6, 6.07) is 0. The molecule has 0 saturated heterocycles. The third-order valence-electron chi connectivity index (χ3n) is 6.76. The summed E-state index contributed by atoms with van der Waals surface area (Å²) in [5.74, 6) is -12.8. The Balaban J connectivity index is 2.37. The topological polar surface area (TPSA) is 243 Å². The number of rotatable bonds is 13. The summed E-state index contributed by atoms with van der Waals surface area (Å²) < 4.78 is 23.4. The molecule has 2 rings (SSSR count). The van der Waals surface area contributed by atoms with E-state index in [4.69, 9.17) is 4.74 Å². The van der Waals surface area contributed by atoms with Gasteiger partial charge in [-0.1, -0.05) is 36.5 Å². The second kappa shape index (κ2) is 15.9. The van der Waals surface area contributed by atoms with E-state index in [1.165, 1.54) is 24.3 Å². The van der Waals surface area contributed by atoms with E-state index in [0.29, 0.717) is 12.2 Å². The third-order valence-corrected chi connectivity index (χ3v) is 6.76. The lowest BCUT2D eigenvalue weighted by molar-refractivity contribution is -0.196. The molecule has 0 heterocycles. The first kappa shape index (κ1) is 36.6. The number of hydrogen-bond donors (Lipinski definition) is 3. The van der Waals surface area contributed by atoms with Gasteiger partial charge in [-0.3, -0.25) is 4.79 Å². The number of aliphatic carboxylic acids is 2. The third kappa shape index (κ3) is 8.09. The Morgan fingerprint density at radius 3 is 1.50 bits per heavy atom. The Hall–Kier alpha value is -5.64. The fourth-order valence-electron chi connectivity index (χ4n) is 4.38. The zero-order valence-electron chi connectivity index (χ0n) is 24.9. The maximum Gasteiger partial charge on any atom is 0.360 e. The molecule has 0 radical (unpaired) electrons. The predicted molar refractivity (Wildman–Crippen MR) is 150 cm³/mol. The molecule has 2 unspecified atom stereocenters. The van der Waals surface area contributed by atoms with Crippen molar-refractivity contribution in [1.82, 2.24) is 0 Å². The van der Waals surface area contributed by atoms with Crippen LogP contribution in [-0.4, -0.2) is 103 Å². The van der Waals surface area contributed by atoms with Crippen LogP contribution in [0.4, 0.5) is 0 Å². The van der Waals surface area contributed by atoms with E-state index in [2.05, 4.69) is 18.9 Å². The van der Waals surface area contributed by atoms with Crippen LogP contribution in [0.1, 0.15) is 12.8 Å². The Bertz CT molecular complexity index is 1500. The van der Waals surface area contributed by atoms with Crippen molar-refractivity contribution < 1.29 is 77.4 Å². The van der Waals surface area contributed by atoms with Crippen molar-refractivity contribution in [3.8, 4) is 0 Å². The second-order valence-corrected chi connectivity index (χ2v) is 9.49. The zero-order valence-corrected chi connectivity index (χ0v) is 24.9. The second-order valence-electron chi connectivity index (χ2n) is 9.49. The number of carboxylic acid groups (broad SMARTS) is 2. The van der Waals surface area contributed by atoms with Crippen molar-refractivity contribution in [2.45, 2.75) is 24.5 Å². The van der Waals surface area contributed by atoms with E-state index < -0.39 is 71.1 Å². The fraction of sp³-hybridized carbons (Fsp3) is 0.333. The van der Waals surface area contributed by atoms with Gasteiger partial charge < -0.3 is 39.0 Å². The van der Waals surface area contributed by atoms with Gasteiger partial charge in [0.05, 0.1) is 50.7 Å². The van der Waals surface area contributed by atoms with Crippen LogP contribution in [0, 0.1) is 11.8 Å². The quantitative estimate of drug-likeness (QED) is 0.102. The molecule has 0 aromatic rings. The molecule has 2 aliphatic carbocycles. The first-order valence-electron chi connectivity index (χ1n) is 13.1. The fourth-order valence-corrected chi connectivity index (χ4v) is 4.38. The van der Waals surface area contributed by atoms with Crippen LogP contribution in [0.3, 0.4) is 0 Å². The van der Waals surface area contributed by atoms with Gasteiger partial charge in [0, 0.05) is 6.08 Å². The lowest BCUT2D eigenvalue weighted by Crippen LogP contribution is -2.61. The zero-order chi connectivity index (χ0) is 34.8. The first-order chi connectivity index (χ1) is 21.7. The van der Waals surface area contributed by atoms with Gasteiger partial charge in [0.1, 0.15) is 0 Å². The van der Waals surface area contributed by atoms with Gasteiger partial charge in [-0.2, -0.15) is 0 Å². The SMILES string of the molecule is COC(=O)C1=C(C(=O)OC)CC(C=CC(=O)O[C@](C(=O)O)(C(=O)C=CC2C=CC(C(=O)OC)=C(C(=O)OC)C2)[C@@H](O)C(=O)O)C=C1. The molecule has 0 bridgehead atoms. The maximum atomic E-state index is 13.2. The molecule has 0 aromatic carbocycles. The summed E-state index contributed by atoms with van der Waals surface area (Å²) in [4.78, 5) is 98.3. The normalized spacial score (nSPS) is 19.7. The molecule has 0 saturated carbocycles. The standard InChI is InChI=1S/C30H30O16/c1-42-25(36)17-9-5-15(13-19(17)27(38)44-3)7-11-21(31)30(29(40)41,23(33)24(34)35)46-22(32)12-8-16-6-10-18(26(37)43-2)20(14-16)28(39)45-4/h5-12,15-16,23,33H,13-14H2,1-4H3,(H,34,35)(H,40,41)/t15?,16?,23-,30+/m0/s1. The number of ketones is 1. The molecular weight excluding hydrogens is 616 g/mol. The minimum absolute atomic E-state index is 0.0953. The van der Waals surface area contributed by atoms with Crippen LogP contribution in [-0.2, 0) is 62.0 Å². The molecule has 0 aliphatic heterocycles. The minimum atomic E-state index is -3.67. The van der Waals surface area contributed by atoms with Crippen LogP contribution >= 0.6 is 0 Å². The lowest BCUT2D eigenvalue weighted by atomic mass is 9.86. The molecule has 0 amide bonds. The molecule has 0 spiro atoms. The average molecular weight is 647 g/mol. The van der Waals surface area contributed by atoms with Crippen molar-refractivity contribution in [3.05, 3.63) is 70.9 Å². The molecule has 3 N–H and O–H groups in total. The number of methoxy groups -OCH3 is 4. The summed E-state index contributed by atoms with van der Waals surface area (Å²) in [6.07, 6.45) is 5.06. The van der Waals surface area contributed by atoms with E-state index in [1.54, 1.807) is 0 Å². The Labute approximate surface area is 260 Å². The summed E-state index contributed by atoms with van der Waals surface area (Å²) in [7, 11) is 4.32. The van der Waals surface area contributed by atoms with E-state index in [1.807, 2.05) is 0 Å². The number of ether oxygens (including phenoxy) is 5. The summed E-state index contributed by atoms with van der Waals surface area (Å²) >= 11 is 0. The smallest absolute Gasteiger partial charge is 0.360 e. The number of carbonyl (C=O) groups is 8. The van der Waals surface area contributed by atoms with Gasteiger partial charge in [-0.25, -0.2) is 33.6 Å². The van der Waals surface area contributed by atoms with Gasteiger partial charge in [0.15, 0.2) is 0 Å². The van der Waals surface area contributed by atoms with Crippen LogP contribution < -0.4 is 0 Å². The van der Waals surface area contributed by atoms with Crippen LogP contribution in [0.25, 0.3) is 0 Å². The van der Waals surface area contributed by atoms with Crippen molar-refractivity contribution in [2.75, 3.05) is 28.4 Å².